The second-order valence-electron chi connectivity index (χ2n) is 9.07. The van der Waals surface area contributed by atoms with Crippen molar-refractivity contribution in [2.75, 3.05) is 44.3 Å². The SMILES string of the molecule is CCN(CC)CC#Cc1cc2nccc(Oc3ccc(NC(=O)C4CCN(S(C)(=O)=O)CC4)cc3F)c2s1. The zero-order valence-corrected chi connectivity index (χ0v) is 23.3. The van der Waals surface area contributed by atoms with Crippen molar-refractivity contribution in [2.45, 2.75) is 26.7 Å². The standard InChI is InChI=1S/C27H31FN4O4S2/c1-4-31(5-2)14-6-7-21-18-23-26(37-21)25(10-13-29-23)36-24-9-8-20(17-22(24)28)30-27(33)19-11-15-32(16-12-19)38(3,34)35/h8-10,13,17-19H,4-5,11-12,14-16H2,1-3H3,(H,30,33). The molecule has 3 aromatic rings. The molecule has 4 rings (SSSR count). The molecule has 1 aliphatic rings. The highest BCUT2D eigenvalue weighted by Crippen LogP contribution is 2.36. The van der Waals surface area contributed by atoms with Gasteiger partial charge in [-0.3, -0.25) is 14.7 Å². The summed E-state index contributed by atoms with van der Waals surface area (Å²) in [5.74, 6) is 5.68. The molecule has 1 N–H and O–H groups in total. The Morgan fingerprint density at radius 3 is 2.61 bits per heavy atom. The minimum Gasteiger partial charge on any atom is -0.453 e. The first kappa shape index (κ1) is 28.0. The van der Waals surface area contributed by atoms with Gasteiger partial charge in [0.15, 0.2) is 11.6 Å². The summed E-state index contributed by atoms with van der Waals surface area (Å²) in [5.41, 5.74) is 1.04. The Labute approximate surface area is 226 Å². The van der Waals surface area contributed by atoms with Gasteiger partial charge < -0.3 is 10.1 Å². The maximum absolute atomic E-state index is 14.9. The van der Waals surface area contributed by atoms with E-state index in [0.717, 1.165) is 34.4 Å². The van der Waals surface area contributed by atoms with E-state index >= 15 is 0 Å². The van der Waals surface area contributed by atoms with E-state index < -0.39 is 15.8 Å². The Balaban J connectivity index is 1.42. The van der Waals surface area contributed by atoms with Crippen LogP contribution in [0, 0.1) is 23.6 Å². The number of hydrogen-bond acceptors (Lipinski definition) is 7. The molecule has 1 amide bonds. The summed E-state index contributed by atoms with van der Waals surface area (Å²) in [6.07, 6.45) is 3.61. The monoisotopic (exact) mass is 558 g/mol. The number of halogens is 1. The van der Waals surface area contributed by atoms with Crippen molar-refractivity contribution in [3.63, 3.8) is 0 Å². The molecule has 0 spiro atoms. The second kappa shape index (κ2) is 12.2. The van der Waals surface area contributed by atoms with Crippen molar-refractivity contribution < 1.29 is 22.3 Å². The molecule has 11 heteroatoms. The van der Waals surface area contributed by atoms with Crippen molar-refractivity contribution in [1.29, 1.82) is 0 Å². The van der Waals surface area contributed by atoms with Crippen LogP contribution in [0.3, 0.4) is 0 Å². The van der Waals surface area contributed by atoms with E-state index in [-0.39, 0.29) is 17.6 Å². The number of rotatable bonds is 8. The predicted molar refractivity (Wildman–Crippen MR) is 149 cm³/mol. The zero-order valence-electron chi connectivity index (χ0n) is 21.7. The molecule has 0 radical (unpaired) electrons. The van der Waals surface area contributed by atoms with Crippen LogP contribution in [-0.2, 0) is 14.8 Å². The van der Waals surface area contributed by atoms with Gasteiger partial charge in [0.2, 0.25) is 15.9 Å². The second-order valence-corrected chi connectivity index (χ2v) is 12.1. The lowest BCUT2D eigenvalue weighted by molar-refractivity contribution is -0.120. The molecule has 1 saturated heterocycles. The molecular formula is C27H31FN4O4S2. The fourth-order valence-corrected chi connectivity index (χ4v) is 6.03. The molecule has 38 heavy (non-hydrogen) atoms. The topological polar surface area (TPSA) is 91.8 Å². The molecule has 3 heterocycles. The molecule has 8 nitrogen and oxygen atoms in total. The smallest absolute Gasteiger partial charge is 0.227 e. The number of pyridine rings is 1. The number of hydrogen-bond donors (Lipinski definition) is 1. The summed E-state index contributed by atoms with van der Waals surface area (Å²) >= 11 is 1.44. The van der Waals surface area contributed by atoms with E-state index in [4.69, 9.17) is 4.74 Å². The number of nitrogens with zero attached hydrogens (tertiary/aromatic N) is 3. The first-order chi connectivity index (χ1) is 18.2. The van der Waals surface area contributed by atoms with Crippen LogP contribution >= 0.6 is 11.3 Å². The number of thiophene rings is 1. The Morgan fingerprint density at radius 2 is 1.95 bits per heavy atom. The molecule has 0 bridgehead atoms. The van der Waals surface area contributed by atoms with Crippen LogP contribution in [0.5, 0.6) is 11.5 Å². The number of nitrogens with one attached hydrogen (secondary N) is 1. The molecule has 1 fully saturated rings. The molecule has 0 atom stereocenters. The highest BCUT2D eigenvalue weighted by atomic mass is 32.2. The van der Waals surface area contributed by atoms with Crippen LogP contribution in [0.15, 0.2) is 36.5 Å². The van der Waals surface area contributed by atoms with Crippen LogP contribution in [-0.4, -0.2) is 67.5 Å². The van der Waals surface area contributed by atoms with E-state index in [9.17, 15) is 17.6 Å². The Bertz CT molecular complexity index is 1470. The number of carbonyl (C=O) groups excluding carboxylic acids is 1. The number of benzene rings is 1. The lowest BCUT2D eigenvalue weighted by Gasteiger charge is -2.29. The number of ether oxygens (including phenoxy) is 1. The summed E-state index contributed by atoms with van der Waals surface area (Å²) < 4.78 is 46.3. The lowest BCUT2D eigenvalue weighted by atomic mass is 9.97. The number of aromatic nitrogens is 1. The molecule has 0 unspecified atom stereocenters. The van der Waals surface area contributed by atoms with E-state index in [0.29, 0.717) is 43.9 Å². The van der Waals surface area contributed by atoms with Crippen LogP contribution in [0.25, 0.3) is 10.2 Å². The largest absolute Gasteiger partial charge is 0.453 e. The maximum Gasteiger partial charge on any atom is 0.227 e. The highest BCUT2D eigenvalue weighted by Gasteiger charge is 2.29. The normalized spacial score (nSPS) is 14.9. The van der Waals surface area contributed by atoms with Crippen molar-refractivity contribution in [3.8, 4) is 23.3 Å². The molecule has 1 aliphatic heterocycles. The van der Waals surface area contributed by atoms with Crippen molar-refractivity contribution in [2.24, 2.45) is 5.92 Å². The zero-order chi connectivity index (χ0) is 27.3. The number of piperidine rings is 1. The van der Waals surface area contributed by atoms with Gasteiger partial charge >= 0.3 is 0 Å². The van der Waals surface area contributed by atoms with Crippen molar-refractivity contribution >= 4 is 43.2 Å². The Kier molecular flexibility index (Phi) is 8.99. The number of amides is 1. The quantitative estimate of drug-likeness (QED) is 0.409. The van der Waals surface area contributed by atoms with Gasteiger partial charge in [-0.15, -0.1) is 11.3 Å². The summed E-state index contributed by atoms with van der Waals surface area (Å²) in [6, 6.07) is 7.86. The fraction of sp³-hybridized carbons (Fsp3) is 0.407. The third kappa shape index (κ3) is 6.88. The van der Waals surface area contributed by atoms with Crippen LogP contribution in [0.2, 0.25) is 0 Å². The van der Waals surface area contributed by atoms with Gasteiger partial charge in [-0.2, -0.15) is 0 Å². The van der Waals surface area contributed by atoms with E-state index in [1.807, 2.05) is 6.07 Å². The molecule has 2 aromatic heterocycles. The van der Waals surface area contributed by atoms with Gasteiger partial charge in [-0.25, -0.2) is 17.1 Å². The minimum absolute atomic E-state index is 0.0273. The third-order valence-electron chi connectivity index (χ3n) is 6.50. The predicted octanol–water partition coefficient (Wildman–Crippen LogP) is 4.53. The van der Waals surface area contributed by atoms with Gasteiger partial charge in [0.25, 0.3) is 0 Å². The number of sulfonamides is 1. The highest BCUT2D eigenvalue weighted by molar-refractivity contribution is 7.88. The van der Waals surface area contributed by atoms with Gasteiger partial charge in [0.05, 0.1) is 27.9 Å². The van der Waals surface area contributed by atoms with Crippen molar-refractivity contribution in [1.82, 2.24) is 14.2 Å². The first-order valence-electron chi connectivity index (χ1n) is 12.5. The Morgan fingerprint density at radius 1 is 1.21 bits per heavy atom. The summed E-state index contributed by atoms with van der Waals surface area (Å²) in [5, 5.41) is 2.74. The molecule has 0 aliphatic carbocycles. The van der Waals surface area contributed by atoms with Gasteiger partial charge in [0.1, 0.15) is 5.75 Å². The summed E-state index contributed by atoms with van der Waals surface area (Å²) in [6.45, 7) is 7.36. The van der Waals surface area contributed by atoms with Crippen LogP contribution < -0.4 is 10.1 Å². The molecule has 0 saturated carbocycles. The fourth-order valence-electron chi connectivity index (χ4n) is 4.22. The summed E-state index contributed by atoms with van der Waals surface area (Å²) in [4.78, 5) is 20.1. The van der Waals surface area contributed by atoms with E-state index in [2.05, 4.69) is 40.9 Å². The molecule has 1 aromatic carbocycles. The van der Waals surface area contributed by atoms with E-state index in [1.54, 1.807) is 18.3 Å². The maximum atomic E-state index is 14.9. The van der Waals surface area contributed by atoms with Gasteiger partial charge in [-0.05, 0) is 44.1 Å². The van der Waals surface area contributed by atoms with Gasteiger partial charge in [0, 0.05) is 43.0 Å². The Hall–Kier alpha value is -3.04. The average molecular weight is 559 g/mol. The number of carbonyl (C=O) groups is 1. The minimum atomic E-state index is -3.27. The lowest BCUT2D eigenvalue weighted by Crippen LogP contribution is -2.40. The van der Waals surface area contributed by atoms with Crippen molar-refractivity contribution in [3.05, 3.63) is 47.2 Å². The first-order valence-corrected chi connectivity index (χ1v) is 15.2. The van der Waals surface area contributed by atoms with Crippen LogP contribution in [0.1, 0.15) is 31.6 Å². The third-order valence-corrected chi connectivity index (χ3v) is 8.85. The van der Waals surface area contributed by atoms with Crippen LogP contribution in [0.4, 0.5) is 10.1 Å². The summed E-state index contributed by atoms with van der Waals surface area (Å²) in [7, 11) is -3.27. The number of fused-ring (bicyclic) bond motifs is 1. The molecule has 202 valence electrons. The number of anilines is 1. The average Bonchev–Trinajstić information content (AvgIpc) is 3.32. The van der Waals surface area contributed by atoms with E-state index in [1.165, 1.54) is 27.8 Å². The molecular weight excluding hydrogens is 527 g/mol. The van der Waals surface area contributed by atoms with Gasteiger partial charge in [-0.1, -0.05) is 25.7 Å².